The molecule has 0 N–H and O–H groups in total. The molecule has 3 heterocycles. The van der Waals surface area contributed by atoms with Crippen molar-refractivity contribution in [2.45, 2.75) is 12.5 Å². The van der Waals surface area contributed by atoms with Crippen LogP contribution in [0.2, 0.25) is 0 Å². The molecular formula is C20H18N4O3S. The zero-order chi connectivity index (χ0) is 19.7. The minimum atomic E-state index is -0.619. The van der Waals surface area contributed by atoms with Crippen LogP contribution in [0.4, 0.5) is 4.79 Å². The maximum Gasteiger partial charge on any atom is 0.327 e. The number of hydrogen-bond donors (Lipinski definition) is 0. The van der Waals surface area contributed by atoms with Gasteiger partial charge in [-0.1, -0.05) is 6.07 Å². The molecule has 2 fully saturated rings. The Bertz CT molecular complexity index is 949. The van der Waals surface area contributed by atoms with E-state index in [4.69, 9.17) is 5.26 Å². The van der Waals surface area contributed by atoms with Gasteiger partial charge in [-0.15, -0.1) is 11.3 Å². The lowest BCUT2D eigenvalue weighted by atomic mass is 10.1. The molecular weight excluding hydrogens is 376 g/mol. The minimum Gasteiger partial charge on any atom is -0.334 e. The molecule has 8 heteroatoms. The molecule has 0 saturated carbocycles. The normalized spacial score (nSPS) is 19.0. The van der Waals surface area contributed by atoms with Gasteiger partial charge in [0.15, 0.2) is 0 Å². The van der Waals surface area contributed by atoms with Crippen molar-refractivity contribution in [3.63, 3.8) is 0 Å². The molecule has 0 radical (unpaired) electrons. The number of rotatable bonds is 4. The van der Waals surface area contributed by atoms with E-state index in [-0.39, 0.29) is 24.4 Å². The highest BCUT2D eigenvalue weighted by Crippen LogP contribution is 2.24. The molecule has 4 rings (SSSR count). The van der Waals surface area contributed by atoms with Crippen molar-refractivity contribution in [2.75, 3.05) is 26.2 Å². The summed E-state index contributed by atoms with van der Waals surface area (Å²) in [6.45, 7) is 1.27. The summed E-state index contributed by atoms with van der Waals surface area (Å²) in [6, 6.07) is 11.5. The number of carbonyl (C=O) groups excluding carboxylic acids is 3. The van der Waals surface area contributed by atoms with E-state index in [0.29, 0.717) is 37.2 Å². The molecule has 0 aliphatic carbocycles. The van der Waals surface area contributed by atoms with Crippen molar-refractivity contribution >= 4 is 29.2 Å². The van der Waals surface area contributed by atoms with Crippen molar-refractivity contribution in [1.29, 1.82) is 5.26 Å². The van der Waals surface area contributed by atoms with E-state index in [1.807, 2.05) is 23.6 Å². The fourth-order valence-corrected chi connectivity index (χ4v) is 4.29. The Kier molecular flexibility index (Phi) is 4.84. The third-order valence-corrected chi connectivity index (χ3v) is 6.05. The SMILES string of the molecule is N#Cc1ccc(C(=O)N2CCN3C(=O)N(CCc4cccs4)C(=O)[C@H]3C2)cc1. The molecule has 2 aromatic rings. The number of hydrogen-bond acceptors (Lipinski definition) is 5. The van der Waals surface area contributed by atoms with Crippen molar-refractivity contribution < 1.29 is 14.4 Å². The molecule has 2 aliphatic heterocycles. The number of imide groups is 1. The summed E-state index contributed by atoms with van der Waals surface area (Å²) in [5, 5.41) is 10.8. The van der Waals surface area contributed by atoms with Gasteiger partial charge in [-0.25, -0.2) is 4.79 Å². The van der Waals surface area contributed by atoms with Gasteiger partial charge in [0.05, 0.1) is 18.2 Å². The number of thiophene rings is 1. The molecule has 1 atom stereocenters. The van der Waals surface area contributed by atoms with Gasteiger partial charge in [-0.05, 0) is 42.1 Å². The van der Waals surface area contributed by atoms with Gasteiger partial charge in [-0.3, -0.25) is 14.5 Å². The molecule has 1 aromatic carbocycles. The molecule has 7 nitrogen and oxygen atoms in total. The monoisotopic (exact) mass is 394 g/mol. The summed E-state index contributed by atoms with van der Waals surface area (Å²) >= 11 is 1.60. The van der Waals surface area contributed by atoms with Gasteiger partial charge in [0.2, 0.25) is 0 Å². The van der Waals surface area contributed by atoms with E-state index in [1.54, 1.807) is 45.4 Å². The van der Waals surface area contributed by atoms with Gasteiger partial charge in [0.25, 0.3) is 11.8 Å². The highest BCUT2D eigenvalue weighted by molar-refractivity contribution is 7.09. The molecule has 0 unspecified atom stereocenters. The zero-order valence-electron chi connectivity index (χ0n) is 15.1. The Morgan fingerprint density at radius 3 is 2.64 bits per heavy atom. The second-order valence-corrected chi connectivity index (χ2v) is 7.78. The summed E-state index contributed by atoms with van der Waals surface area (Å²) in [7, 11) is 0. The van der Waals surface area contributed by atoms with Gasteiger partial charge in [-0.2, -0.15) is 5.26 Å². The molecule has 142 valence electrons. The van der Waals surface area contributed by atoms with Gasteiger partial charge >= 0.3 is 6.03 Å². The van der Waals surface area contributed by atoms with Crippen molar-refractivity contribution in [3.05, 3.63) is 57.8 Å². The average molecular weight is 394 g/mol. The predicted molar refractivity (Wildman–Crippen MR) is 103 cm³/mol. The highest BCUT2D eigenvalue weighted by Gasteiger charge is 2.48. The number of nitrogens with zero attached hydrogens (tertiary/aromatic N) is 4. The van der Waals surface area contributed by atoms with E-state index in [1.165, 1.54) is 4.90 Å². The van der Waals surface area contributed by atoms with Crippen LogP contribution < -0.4 is 0 Å². The number of benzene rings is 1. The van der Waals surface area contributed by atoms with E-state index < -0.39 is 6.04 Å². The van der Waals surface area contributed by atoms with Gasteiger partial charge < -0.3 is 9.80 Å². The number of amides is 4. The summed E-state index contributed by atoms with van der Waals surface area (Å²) in [4.78, 5) is 43.8. The maximum atomic E-state index is 12.8. The molecule has 28 heavy (non-hydrogen) atoms. The minimum absolute atomic E-state index is 0.193. The Hall–Kier alpha value is -3.18. The van der Waals surface area contributed by atoms with Crippen LogP contribution in [-0.2, 0) is 11.2 Å². The Labute approximate surface area is 166 Å². The van der Waals surface area contributed by atoms with Gasteiger partial charge in [0, 0.05) is 30.1 Å². The predicted octanol–water partition coefficient (Wildman–Crippen LogP) is 1.95. The molecule has 4 amide bonds. The largest absolute Gasteiger partial charge is 0.334 e. The summed E-state index contributed by atoms with van der Waals surface area (Å²) in [5.41, 5.74) is 0.957. The first-order chi connectivity index (χ1) is 13.6. The number of carbonyl (C=O) groups is 3. The highest BCUT2D eigenvalue weighted by atomic mass is 32.1. The fourth-order valence-electron chi connectivity index (χ4n) is 3.59. The second-order valence-electron chi connectivity index (χ2n) is 6.75. The van der Waals surface area contributed by atoms with Crippen LogP contribution in [0.5, 0.6) is 0 Å². The van der Waals surface area contributed by atoms with Crippen LogP contribution in [0.25, 0.3) is 0 Å². The lowest BCUT2D eigenvalue weighted by Crippen LogP contribution is -2.54. The molecule has 1 aromatic heterocycles. The van der Waals surface area contributed by atoms with Crippen LogP contribution >= 0.6 is 11.3 Å². The topological polar surface area (TPSA) is 84.7 Å². The summed E-state index contributed by atoms with van der Waals surface area (Å²) in [5.74, 6) is -0.430. The van der Waals surface area contributed by atoms with Crippen LogP contribution in [-0.4, -0.2) is 64.8 Å². The molecule has 2 saturated heterocycles. The zero-order valence-corrected chi connectivity index (χ0v) is 15.9. The van der Waals surface area contributed by atoms with Gasteiger partial charge in [0.1, 0.15) is 6.04 Å². The van der Waals surface area contributed by atoms with E-state index in [2.05, 4.69) is 0 Å². The first-order valence-electron chi connectivity index (χ1n) is 9.02. The summed E-state index contributed by atoms with van der Waals surface area (Å²) in [6.07, 6.45) is 0.642. The van der Waals surface area contributed by atoms with E-state index >= 15 is 0 Å². The average Bonchev–Trinajstić information content (AvgIpc) is 3.33. The van der Waals surface area contributed by atoms with Crippen LogP contribution in [0.1, 0.15) is 20.8 Å². The lowest BCUT2D eigenvalue weighted by molar-refractivity contribution is -0.129. The quantitative estimate of drug-likeness (QED) is 0.742. The van der Waals surface area contributed by atoms with Crippen molar-refractivity contribution in [1.82, 2.24) is 14.7 Å². The Morgan fingerprint density at radius 2 is 1.96 bits per heavy atom. The molecule has 2 aliphatic rings. The third kappa shape index (κ3) is 3.25. The lowest BCUT2D eigenvalue weighted by Gasteiger charge is -2.35. The van der Waals surface area contributed by atoms with E-state index in [0.717, 1.165) is 4.88 Å². The van der Waals surface area contributed by atoms with Crippen LogP contribution in [0, 0.1) is 11.3 Å². The number of nitriles is 1. The standard InChI is InChI=1S/C20H18N4O3S/c21-12-14-3-5-15(6-4-14)18(25)22-9-10-23-17(13-22)19(26)24(20(23)27)8-7-16-2-1-11-28-16/h1-6,11,17H,7-10,13H2/t17-/m1/s1. The third-order valence-electron chi connectivity index (χ3n) is 5.12. The van der Waals surface area contributed by atoms with Crippen molar-refractivity contribution in [3.8, 4) is 6.07 Å². The number of piperazine rings is 1. The smallest absolute Gasteiger partial charge is 0.327 e. The first-order valence-corrected chi connectivity index (χ1v) is 9.90. The summed E-state index contributed by atoms with van der Waals surface area (Å²) < 4.78 is 0. The van der Waals surface area contributed by atoms with E-state index in [9.17, 15) is 14.4 Å². The number of urea groups is 1. The fraction of sp³-hybridized carbons (Fsp3) is 0.300. The molecule has 0 spiro atoms. The van der Waals surface area contributed by atoms with Crippen molar-refractivity contribution in [2.24, 2.45) is 0 Å². The van der Waals surface area contributed by atoms with Crippen LogP contribution in [0.15, 0.2) is 41.8 Å². The first kappa shape index (κ1) is 18.2. The number of fused-ring (bicyclic) bond motifs is 1. The maximum absolute atomic E-state index is 12.8. The Balaban J connectivity index is 1.44. The Morgan fingerprint density at radius 1 is 1.18 bits per heavy atom. The second kappa shape index (κ2) is 7.44. The van der Waals surface area contributed by atoms with Crippen LogP contribution in [0.3, 0.4) is 0 Å². The molecule has 0 bridgehead atoms.